The first kappa shape index (κ1) is 18.4. The highest BCUT2D eigenvalue weighted by Crippen LogP contribution is 2.20. The van der Waals surface area contributed by atoms with Crippen molar-refractivity contribution in [3.63, 3.8) is 0 Å². The van der Waals surface area contributed by atoms with E-state index in [4.69, 9.17) is 14.0 Å². The summed E-state index contributed by atoms with van der Waals surface area (Å²) in [6, 6.07) is 7.92. The second-order valence-corrected chi connectivity index (χ2v) is 5.35. The number of hydrogen-bond donors (Lipinski definition) is 0. The molecule has 7 heteroatoms. The zero-order chi connectivity index (χ0) is 15.9. The van der Waals surface area contributed by atoms with Gasteiger partial charge in [0.2, 0.25) is 0 Å². The fourth-order valence-electron chi connectivity index (χ4n) is 2.40. The number of halogens is 1. The molecular weight excluding hydrogens is 330 g/mol. The Kier molecular flexibility index (Phi) is 7.24. The van der Waals surface area contributed by atoms with Crippen molar-refractivity contribution < 1.29 is 14.0 Å². The van der Waals surface area contributed by atoms with Crippen LogP contribution in [0.25, 0.3) is 12.2 Å². The van der Waals surface area contributed by atoms with E-state index < -0.39 is 0 Å². The number of aromatic nitrogens is 2. The Balaban J connectivity index is 0.00000208. The third-order valence-corrected chi connectivity index (χ3v) is 3.64. The van der Waals surface area contributed by atoms with E-state index >= 15 is 0 Å². The van der Waals surface area contributed by atoms with Gasteiger partial charge in [0.05, 0.1) is 13.2 Å². The van der Waals surface area contributed by atoms with Gasteiger partial charge in [-0.25, -0.2) is 0 Å². The lowest BCUT2D eigenvalue weighted by atomic mass is 10.2. The molecule has 2 aromatic rings. The Hall–Kier alpha value is -1.89. The van der Waals surface area contributed by atoms with E-state index in [0.29, 0.717) is 18.3 Å². The quantitative estimate of drug-likeness (QED) is 0.797. The summed E-state index contributed by atoms with van der Waals surface area (Å²) in [5.74, 6) is 1.97. The Morgan fingerprint density at radius 2 is 2.00 bits per heavy atom. The Labute approximate surface area is 147 Å². The first-order valence-electron chi connectivity index (χ1n) is 7.81. The lowest BCUT2D eigenvalue weighted by Crippen LogP contribution is -2.38. The first-order valence-corrected chi connectivity index (χ1v) is 7.81. The maximum atomic E-state index is 5.93. The van der Waals surface area contributed by atoms with Crippen LogP contribution < -0.4 is 4.74 Å². The average molecular weight is 352 g/mol. The second-order valence-electron chi connectivity index (χ2n) is 5.35. The van der Waals surface area contributed by atoms with Crippen molar-refractivity contribution >= 4 is 24.6 Å². The molecule has 0 atom stereocenters. The van der Waals surface area contributed by atoms with E-state index in [0.717, 1.165) is 44.2 Å². The van der Waals surface area contributed by atoms with Gasteiger partial charge in [0.15, 0.2) is 5.82 Å². The molecule has 0 N–H and O–H groups in total. The van der Waals surface area contributed by atoms with Gasteiger partial charge < -0.3 is 14.0 Å². The van der Waals surface area contributed by atoms with Crippen LogP contribution >= 0.6 is 12.4 Å². The number of nitrogens with zero attached hydrogens (tertiary/aromatic N) is 3. The Morgan fingerprint density at radius 3 is 2.75 bits per heavy atom. The van der Waals surface area contributed by atoms with Crippen molar-refractivity contribution in [1.29, 1.82) is 0 Å². The monoisotopic (exact) mass is 351 g/mol. The van der Waals surface area contributed by atoms with Crippen LogP contribution in [0.5, 0.6) is 5.75 Å². The van der Waals surface area contributed by atoms with Crippen LogP contribution in [0.1, 0.15) is 17.3 Å². The molecular formula is C17H22ClN3O3. The standard InChI is InChI=1S/C17H21N3O3.ClH/c1-14-18-17(23-19-14)7-6-15-4-2-3-5-16(15)22-13-10-20-8-11-21-12-9-20;/h2-7H,8-13H2,1H3;1H. The predicted octanol–water partition coefficient (Wildman–Crippen LogP) is 2.68. The summed E-state index contributed by atoms with van der Waals surface area (Å²) < 4.78 is 16.4. The normalized spacial score (nSPS) is 15.4. The fraction of sp³-hybridized carbons (Fsp3) is 0.412. The molecule has 0 aliphatic carbocycles. The Bertz CT molecular complexity index is 654. The van der Waals surface area contributed by atoms with Gasteiger partial charge in [0, 0.05) is 31.3 Å². The fourth-order valence-corrected chi connectivity index (χ4v) is 2.40. The molecule has 0 unspecified atom stereocenters. The van der Waals surface area contributed by atoms with Gasteiger partial charge in [-0.3, -0.25) is 4.90 Å². The molecule has 3 rings (SSSR count). The van der Waals surface area contributed by atoms with E-state index in [-0.39, 0.29) is 12.4 Å². The molecule has 1 saturated heterocycles. The molecule has 2 heterocycles. The molecule has 0 bridgehead atoms. The van der Waals surface area contributed by atoms with Gasteiger partial charge in [-0.2, -0.15) is 4.98 Å². The largest absolute Gasteiger partial charge is 0.492 e. The van der Waals surface area contributed by atoms with Crippen molar-refractivity contribution in [3.8, 4) is 5.75 Å². The number of morpholine rings is 1. The summed E-state index contributed by atoms with van der Waals surface area (Å²) in [5, 5.41) is 3.77. The van der Waals surface area contributed by atoms with Crippen molar-refractivity contribution in [2.75, 3.05) is 39.5 Å². The van der Waals surface area contributed by atoms with Crippen molar-refractivity contribution in [2.45, 2.75) is 6.92 Å². The third-order valence-electron chi connectivity index (χ3n) is 3.64. The van der Waals surface area contributed by atoms with Crippen LogP contribution in [-0.4, -0.2) is 54.5 Å². The predicted molar refractivity (Wildman–Crippen MR) is 94.4 cm³/mol. The molecule has 0 amide bonds. The van der Waals surface area contributed by atoms with E-state index in [1.54, 1.807) is 13.0 Å². The van der Waals surface area contributed by atoms with Gasteiger partial charge >= 0.3 is 0 Å². The zero-order valence-corrected chi connectivity index (χ0v) is 14.5. The van der Waals surface area contributed by atoms with Gasteiger partial charge in [0.25, 0.3) is 5.89 Å². The molecule has 130 valence electrons. The molecule has 24 heavy (non-hydrogen) atoms. The van der Waals surface area contributed by atoms with E-state index in [9.17, 15) is 0 Å². The van der Waals surface area contributed by atoms with Crippen LogP contribution in [0.4, 0.5) is 0 Å². The number of para-hydroxylation sites is 1. The number of benzene rings is 1. The van der Waals surface area contributed by atoms with Crippen molar-refractivity contribution in [2.24, 2.45) is 0 Å². The second kappa shape index (κ2) is 9.42. The van der Waals surface area contributed by atoms with Gasteiger partial charge in [-0.05, 0) is 19.1 Å². The average Bonchev–Trinajstić information content (AvgIpc) is 3.00. The van der Waals surface area contributed by atoms with Crippen molar-refractivity contribution in [3.05, 3.63) is 41.5 Å². The van der Waals surface area contributed by atoms with E-state index in [1.165, 1.54) is 0 Å². The minimum atomic E-state index is 0. The van der Waals surface area contributed by atoms with Crippen LogP contribution in [0, 0.1) is 6.92 Å². The molecule has 1 aromatic heterocycles. The van der Waals surface area contributed by atoms with Gasteiger partial charge in [-0.15, -0.1) is 12.4 Å². The number of rotatable bonds is 6. The van der Waals surface area contributed by atoms with E-state index in [2.05, 4.69) is 15.0 Å². The van der Waals surface area contributed by atoms with Crippen molar-refractivity contribution in [1.82, 2.24) is 15.0 Å². The summed E-state index contributed by atoms with van der Waals surface area (Å²) in [4.78, 5) is 6.51. The third kappa shape index (κ3) is 5.33. The summed E-state index contributed by atoms with van der Waals surface area (Å²) in [6.45, 7) is 6.92. The molecule has 0 radical (unpaired) electrons. The summed E-state index contributed by atoms with van der Waals surface area (Å²) >= 11 is 0. The topological polar surface area (TPSA) is 60.6 Å². The molecule has 6 nitrogen and oxygen atoms in total. The number of aryl methyl sites for hydroxylation is 1. The lowest BCUT2D eigenvalue weighted by Gasteiger charge is -2.26. The molecule has 1 aromatic carbocycles. The highest BCUT2D eigenvalue weighted by molar-refractivity contribution is 5.85. The maximum Gasteiger partial charge on any atom is 0.250 e. The molecule has 1 aliphatic rings. The lowest BCUT2D eigenvalue weighted by molar-refractivity contribution is 0.0322. The minimum absolute atomic E-state index is 0. The molecule has 0 saturated carbocycles. The van der Waals surface area contributed by atoms with Crippen LogP contribution in [0.15, 0.2) is 28.8 Å². The SMILES string of the molecule is Cc1noc(C=Cc2ccccc2OCCN2CCOCC2)n1.Cl. The molecule has 0 spiro atoms. The number of ether oxygens (including phenoxy) is 2. The number of hydrogen-bond acceptors (Lipinski definition) is 6. The molecule has 1 aliphatic heterocycles. The van der Waals surface area contributed by atoms with Crippen LogP contribution in [-0.2, 0) is 4.74 Å². The summed E-state index contributed by atoms with van der Waals surface area (Å²) in [7, 11) is 0. The van der Waals surface area contributed by atoms with E-state index in [1.807, 2.05) is 30.3 Å². The van der Waals surface area contributed by atoms with Crippen LogP contribution in [0.2, 0.25) is 0 Å². The minimum Gasteiger partial charge on any atom is -0.492 e. The smallest absolute Gasteiger partial charge is 0.250 e. The summed E-state index contributed by atoms with van der Waals surface area (Å²) in [6.07, 6.45) is 3.72. The highest BCUT2D eigenvalue weighted by Gasteiger charge is 2.10. The highest BCUT2D eigenvalue weighted by atomic mass is 35.5. The van der Waals surface area contributed by atoms with Gasteiger partial charge in [0.1, 0.15) is 12.4 Å². The Morgan fingerprint density at radius 1 is 1.21 bits per heavy atom. The first-order chi connectivity index (χ1) is 11.3. The summed E-state index contributed by atoms with van der Waals surface area (Å²) in [5.41, 5.74) is 0.991. The maximum absolute atomic E-state index is 5.93. The zero-order valence-electron chi connectivity index (χ0n) is 13.7. The van der Waals surface area contributed by atoms with Crippen LogP contribution in [0.3, 0.4) is 0 Å². The molecule has 1 fully saturated rings. The van der Waals surface area contributed by atoms with Gasteiger partial charge in [-0.1, -0.05) is 23.4 Å².